The van der Waals surface area contributed by atoms with Crippen LogP contribution in [0.2, 0.25) is 0 Å². The van der Waals surface area contributed by atoms with Crippen LogP contribution in [0, 0.1) is 5.92 Å². The van der Waals surface area contributed by atoms with E-state index in [1.807, 2.05) is 11.8 Å². The molecule has 1 heterocycles. The number of nitrogens with zero attached hydrogens (tertiary/aromatic N) is 1. The first kappa shape index (κ1) is 16.5. The Labute approximate surface area is 131 Å². The van der Waals surface area contributed by atoms with Gasteiger partial charge in [-0.25, -0.2) is 4.79 Å². The van der Waals surface area contributed by atoms with Crippen LogP contribution in [-0.4, -0.2) is 50.2 Å². The minimum absolute atomic E-state index is 0.129. The van der Waals surface area contributed by atoms with Crippen LogP contribution < -0.4 is 0 Å². The Morgan fingerprint density at radius 1 is 1.27 bits per heavy atom. The molecule has 1 aromatic rings. The molecule has 0 N–H and O–H groups in total. The van der Waals surface area contributed by atoms with E-state index in [1.54, 1.807) is 24.3 Å². The average Bonchev–Trinajstić information content (AvgIpc) is 3.02. The molecule has 0 bridgehead atoms. The number of methoxy groups -OCH3 is 1. The van der Waals surface area contributed by atoms with Crippen molar-refractivity contribution >= 4 is 11.9 Å². The second kappa shape index (κ2) is 7.94. The molecule has 0 aliphatic carbocycles. The maximum absolute atomic E-state index is 12.3. The predicted octanol–water partition coefficient (Wildman–Crippen LogP) is 1.90. The minimum Gasteiger partial charge on any atom is -0.465 e. The molecule has 1 aromatic carbocycles. The van der Waals surface area contributed by atoms with Gasteiger partial charge in [-0.15, -0.1) is 0 Å². The summed E-state index contributed by atoms with van der Waals surface area (Å²) < 4.78 is 10.1. The molecule has 5 heteroatoms. The van der Waals surface area contributed by atoms with Crippen LogP contribution in [0.25, 0.3) is 0 Å². The molecule has 0 radical (unpaired) electrons. The third-order valence-electron chi connectivity index (χ3n) is 3.93. The first-order valence-corrected chi connectivity index (χ1v) is 7.66. The highest BCUT2D eigenvalue weighted by atomic mass is 16.5. The molecule has 0 unspecified atom stereocenters. The summed E-state index contributed by atoms with van der Waals surface area (Å²) in [5.74, 6) is 0.214. The topological polar surface area (TPSA) is 55.8 Å². The molecule has 0 spiro atoms. The van der Waals surface area contributed by atoms with E-state index >= 15 is 0 Å². The van der Waals surface area contributed by atoms with Gasteiger partial charge in [0.15, 0.2) is 0 Å². The van der Waals surface area contributed by atoms with Gasteiger partial charge in [0.2, 0.25) is 5.91 Å². The van der Waals surface area contributed by atoms with E-state index in [0.717, 1.165) is 38.3 Å². The van der Waals surface area contributed by atoms with Gasteiger partial charge in [-0.05, 0) is 31.0 Å². The summed E-state index contributed by atoms with van der Waals surface area (Å²) in [4.78, 5) is 25.6. The average molecular weight is 305 g/mol. The molecule has 1 saturated heterocycles. The molecule has 22 heavy (non-hydrogen) atoms. The third kappa shape index (κ3) is 4.31. The van der Waals surface area contributed by atoms with Crippen LogP contribution in [-0.2, 0) is 20.7 Å². The fourth-order valence-corrected chi connectivity index (χ4v) is 2.64. The smallest absolute Gasteiger partial charge is 0.337 e. The van der Waals surface area contributed by atoms with Gasteiger partial charge in [0, 0.05) is 25.6 Å². The van der Waals surface area contributed by atoms with E-state index in [0.29, 0.717) is 17.9 Å². The van der Waals surface area contributed by atoms with Crippen LogP contribution in [0.15, 0.2) is 24.3 Å². The summed E-state index contributed by atoms with van der Waals surface area (Å²) in [6.45, 7) is 5.01. The second-order valence-electron chi connectivity index (χ2n) is 5.52. The SMILES string of the molecule is CCOC[C@@H]1CCN(C(=O)Cc2ccc(C(=O)OC)cc2)C1. The number of likely N-dealkylation sites (tertiary alicyclic amines) is 1. The van der Waals surface area contributed by atoms with Gasteiger partial charge in [0.25, 0.3) is 0 Å². The van der Waals surface area contributed by atoms with Gasteiger partial charge in [0.1, 0.15) is 0 Å². The van der Waals surface area contributed by atoms with E-state index in [9.17, 15) is 9.59 Å². The number of ether oxygens (including phenoxy) is 2. The van der Waals surface area contributed by atoms with E-state index in [-0.39, 0.29) is 11.9 Å². The van der Waals surface area contributed by atoms with Gasteiger partial charge in [-0.3, -0.25) is 4.79 Å². The van der Waals surface area contributed by atoms with Gasteiger partial charge < -0.3 is 14.4 Å². The monoisotopic (exact) mass is 305 g/mol. The lowest BCUT2D eigenvalue weighted by Crippen LogP contribution is -2.30. The van der Waals surface area contributed by atoms with Crippen molar-refractivity contribution in [3.8, 4) is 0 Å². The fraction of sp³-hybridized carbons (Fsp3) is 0.529. The lowest BCUT2D eigenvalue weighted by Gasteiger charge is -2.16. The number of esters is 1. The summed E-state index contributed by atoms with van der Waals surface area (Å²) in [7, 11) is 1.35. The zero-order valence-electron chi connectivity index (χ0n) is 13.2. The Hall–Kier alpha value is -1.88. The number of hydrogen-bond acceptors (Lipinski definition) is 4. The minimum atomic E-state index is -0.365. The summed E-state index contributed by atoms with van der Waals surface area (Å²) in [6.07, 6.45) is 1.37. The normalized spacial score (nSPS) is 17.5. The standard InChI is InChI=1S/C17H23NO4/c1-3-22-12-14-8-9-18(11-14)16(19)10-13-4-6-15(7-5-13)17(20)21-2/h4-7,14H,3,8-12H2,1-2H3/t14-/m1/s1. The highest BCUT2D eigenvalue weighted by molar-refractivity contribution is 5.89. The van der Waals surface area contributed by atoms with Gasteiger partial charge >= 0.3 is 5.97 Å². The maximum atomic E-state index is 12.3. The summed E-state index contributed by atoms with van der Waals surface area (Å²) in [5.41, 5.74) is 1.41. The van der Waals surface area contributed by atoms with Gasteiger partial charge in [-0.2, -0.15) is 0 Å². The van der Waals surface area contributed by atoms with Crippen LogP contribution in [0.4, 0.5) is 0 Å². The molecular weight excluding hydrogens is 282 g/mol. The van der Waals surface area contributed by atoms with Gasteiger partial charge in [-0.1, -0.05) is 12.1 Å². The number of rotatable bonds is 6. The molecular formula is C17H23NO4. The number of carbonyl (C=O) groups is 2. The molecule has 2 rings (SSSR count). The highest BCUT2D eigenvalue weighted by Gasteiger charge is 2.26. The Bertz CT molecular complexity index is 512. The fourth-order valence-electron chi connectivity index (χ4n) is 2.64. The zero-order chi connectivity index (χ0) is 15.9. The first-order valence-electron chi connectivity index (χ1n) is 7.66. The highest BCUT2D eigenvalue weighted by Crippen LogP contribution is 2.18. The predicted molar refractivity (Wildman–Crippen MR) is 82.7 cm³/mol. The molecule has 5 nitrogen and oxygen atoms in total. The largest absolute Gasteiger partial charge is 0.465 e. The van der Waals surface area contributed by atoms with Crippen LogP contribution in [0.1, 0.15) is 29.3 Å². The number of hydrogen-bond donors (Lipinski definition) is 0. The lowest BCUT2D eigenvalue weighted by atomic mass is 10.1. The number of carbonyl (C=O) groups excluding carboxylic acids is 2. The van der Waals surface area contributed by atoms with Crippen molar-refractivity contribution < 1.29 is 19.1 Å². The number of benzene rings is 1. The molecule has 1 atom stereocenters. The van der Waals surface area contributed by atoms with Crippen molar-refractivity contribution in [3.05, 3.63) is 35.4 Å². The summed E-state index contributed by atoms with van der Waals surface area (Å²) in [6, 6.07) is 6.99. The van der Waals surface area contributed by atoms with Crippen molar-refractivity contribution in [3.63, 3.8) is 0 Å². The Morgan fingerprint density at radius 3 is 2.64 bits per heavy atom. The molecule has 0 aromatic heterocycles. The first-order chi connectivity index (χ1) is 10.6. The summed E-state index contributed by atoms with van der Waals surface area (Å²) in [5, 5.41) is 0. The maximum Gasteiger partial charge on any atom is 0.337 e. The Balaban J connectivity index is 1.86. The van der Waals surface area contributed by atoms with Gasteiger partial charge in [0.05, 0.1) is 25.7 Å². The van der Waals surface area contributed by atoms with Crippen molar-refractivity contribution in [2.75, 3.05) is 33.4 Å². The van der Waals surface area contributed by atoms with Crippen molar-refractivity contribution in [2.24, 2.45) is 5.92 Å². The molecule has 0 saturated carbocycles. The molecule has 1 amide bonds. The van der Waals surface area contributed by atoms with Crippen LogP contribution in [0.5, 0.6) is 0 Å². The molecule has 120 valence electrons. The molecule has 1 aliphatic heterocycles. The quantitative estimate of drug-likeness (QED) is 0.753. The van der Waals surface area contributed by atoms with Crippen molar-refractivity contribution in [2.45, 2.75) is 19.8 Å². The molecule has 1 fully saturated rings. The Morgan fingerprint density at radius 2 is 2.00 bits per heavy atom. The second-order valence-corrected chi connectivity index (χ2v) is 5.52. The van der Waals surface area contributed by atoms with E-state index in [2.05, 4.69) is 4.74 Å². The van der Waals surface area contributed by atoms with Crippen LogP contribution in [0.3, 0.4) is 0 Å². The van der Waals surface area contributed by atoms with Crippen LogP contribution >= 0.6 is 0 Å². The third-order valence-corrected chi connectivity index (χ3v) is 3.93. The van der Waals surface area contributed by atoms with Crippen molar-refractivity contribution in [1.29, 1.82) is 0 Å². The van der Waals surface area contributed by atoms with E-state index in [4.69, 9.17) is 4.74 Å². The van der Waals surface area contributed by atoms with Crippen molar-refractivity contribution in [1.82, 2.24) is 4.90 Å². The Kier molecular flexibility index (Phi) is 5.95. The summed E-state index contributed by atoms with van der Waals surface area (Å²) >= 11 is 0. The van der Waals surface area contributed by atoms with E-state index < -0.39 is 0 Å². The van der Waals surface area contributed by atoms with E-state index in [1.165, 1.54) is 7.11 Å². The zero-order valence-corrected chi connectivity index (χ0v) is 13.2. The lowest BCUT2D eigenvalue weighted by molar-refractivity contribution is -0.129. The number of amides is 1. The molecule has 1 aliphatic rings.